The summed E-state index contributed by atoms with van der Waals surface area (Å²) in [6.07, 6.45) is 0. The fourth-order valence-corrected chi connectivity index (χ4v) is 1.57. The average Bonchev–Trinajstić information content (AvgIpc) is 2.51. The van der Waals surface area contributed by atoms with Gasteiger partial charge in [-0.05, 0) is 13.8 Å². The molecule has 74 valence electrons. The largest absolute Gasteiger partial charge is 0.473 e. The van der Waals surface area contributed by atoms with E-state index in [0.717, 1.165) is 0 Å². The Labute approximate surface area is 81.4 Å². The molecule has 0 fully saturated rings. The zero-order valence-corrected chi connectivity index (χ0v) is 8.76. The van der Waals surface area contributed by atoms with E-state index in [1.165, 1.54) is 11.3 Å². The molecule has 3 N–H and O–H groups in total. The highest BCUT2D eigenvalue weighted by Gasteiger charge is 2.30. The average molecular weight is 202 g/mol. The van der Waals surface area contributed by atoms with Gasteiger partial charge in [-0.3, -0.25) is 0 Å². The van der Waals surface area contributed by atoms with Crippen molar-refractivity contribution in [3.63, 3.8) is 0 Å². The Balaban J connectivity index is 2.93. The number of aromatic nitrogens is 1. The van der Waals surface area contributed by atoms with Crippen molar-refractivity contribution in [3.05, 3.63) is 11.1 Å². The fraction of sp³-hybridized carbons (Fsp3) is 0.625. The number of hydrogen-bond acceptors (Lipinski definition) is 5. The van der Waals surface area contributed by atoms with Crippen LogP contribution < -0.4 is 10.5 Å². The molecule has 0 aliphatic heterocycles. The van der Waals surface area contributed by atoms with Crippen LogP contribution in [0.4, 0.5) is 0 Å². The van der Waals surface area contributed by atoms with Crippen molar-refractivity contribution >= 4 is 11.3 Å². The first-order chi connectivity index (χ1) is 5.98. The van der Waals surface area contributed by atoms with E-state index < -0.39 is 5.60 Å². The molecule has 1 aromatic heterocycles. The summed E-state index contributed by atoms with van der Waals surface area (Å²) < 4.78 is 4.93. The summed E-state index contributed by atoms with van der Waals surface area (Å²) in [5, 5.41) is 12.2. The summed E-state index contributed by atoms with van der Waals surface area (Å²) in [6, 6.07) is -0.362. The van der Waals surface area contributed by atoms with Crippen LogP contribution in [0.3, 0.4) is 0 Å². The lowest BCUT2D eigenvalue weighted by atomic mass is 9.96. The van der Waals surface area contributed by atoms with E-state index in [1.54, 1.807) is 26.3 Å². The molecule has 4 nitrogen and oxygen atoms in total. The summed E-state index contributed by atoms with van der Waals surface area (Å²) in [4.78, 5) is 4.09. The molecule has 13 heavy (non-hydrogen) atoms. The molecule has 2 atom stereocenters. The SMILES string of the molecule is COc1nc(C(C)(O)C(C)N)cs1. The lowest BCUT2D eigenvalue weighted by Gasteiger charge is -2.24. The third-order valence-electron chi connectivity index (χ3n) is 2.06. The smallest absolute Gasteiger partial charge is 0.273 e. The maximum absolute atomic E-state index is 9.94. The van der Waals surface area contributed by atoms with Gasteiger partial charge in [0.1, 0.15) is 5.60 Å². The van der Waals surface area contributed by atoms with Crippen molar-refractivity contribution in [2.45, 2.75) is 25.5 Å². The van der Waals surface area contributed by atoms with Gasteiger partial charge in [0, 0.05) is 11.4 Å². The highest BCUT2D eigenvalue weighted by molar-refractivity contribution is 7.11. The van der Waals surface area contributed by atoms with Gasteiger partial charge >= 0.3 is 0 Å². The summed E-state index contributed by atoms with van der Waals surface area (Å²) in [5.41, 5.74) is 5.10. The van der Waals surface area contributed by atoms with Crippen LogP contribution in [0, 0.1) is 0 Å². The second-order valence-electron chi connectivity index (χ2n) is 3.14. The summed E-state index contributed by atoms with van der Waals surface area (Å²) in [7, 11) is 1.54. The van der Waals surface area contributed by atoms with Crippen LogP contribution >= 0.6 is 11.3 Å². The van der Waals surface area contributed by atoms with Crippen molar-refractivity contribution < 1.29 is 9.84 Å². The van der Waals surface area contributed by atoms with Crippen molar-refractivity contribution in [1.29, 1.82) is 0 Å². The molecule has 0 aliphatic rings. The number of thiazole rings is 1. The maximum Gasteiger partial charge on any atom is 0.273 e. The van der Waals surface area contributed by atoms with Gasteiger partial charge in [-0.1, -0.05) is 11.3 Å². The van der Waals surface area contributed by atoms with E-state index >= 15 is 0 Å². The lowest BCUT2D eigenvalue weighted by molar-refractivity contribution is 0.0308. The molecule has 0 bridgehead atoms. The number of methoxy groups -OCH3 is 1. The minimum atomic E-state index is -1.09. The van der Waals surface area contributed by atoms with Gasteiger partial charge < -0.3 is 15.6 Å². The number of hydrogen-bond donors (Lipinski definition) is 2. The first kappa shape index (κ1) is 10.4. The van der Waals surface area contributed by atoms with E-state index in [2.05, 4.69) is 4.98 Å². The number of nitrogens with zero attached hydrogens (tertiary/aromatic N) is 1. The van der Waals surface area contributed by atoms with Gasteiger partial charge in [0.25, 0.3) is 5.19 Å². The summed E-state index contributed by atoms with van der Waals surface area (Å²) in [5.74, 6) is 0. The molecule has 1 heterocycles. The van der Waals surface area contributed by atoms with Crippen LogP contribution in [0.1, 0.15) is 19.5 Å². The quantitative estimate of drug-likeness (QED) is 0.757. The minimum Gasteiger partial charge on any atom is -0.473 e. The standard InChI is InChI=1S/C8H14N2O2S/c1-5(9)8(2,11)6-4-13-7(10-6)12-3/h4-5,11H,9H2,1-3H3. The summed E-state index contributed by atoms with van der Waals surface area (Å²) in [6.45, 7) is 3.39. The fourth-order valence-electron chi connectivity index (χ4n) is 0.817. The Hall–Kier alpha value is -0.650. The van der Waals surface area contributed by atoms with Crippen molar-refractivity contribution in [2.24, 2.45) is 5.73 Å². The predicted molar refractivity (Wildman–Crippen MR) is 51.9 cm³/mol. The van der Waals surface area contributed by atoms with Gasteiger partial charge in [0.15, 0.2) is 0 Å². The Kier molecular flexibility index (Phi) is 2.90. The highest BCUT2D eigenvalue weighted by atomic mass is 32.1. The normalized spacial score (nSPS) is 17.9. The van der Waals surface area contributed by atoms with Crippen LogP contribution in [0.25, 0.3) is 0 Å². The van der Waals surface area contributed by atoms with Crippen LogP contribution in [0.15, 0.2) is 5.38 Å². The molecule has 0 radical (unpaired) electrons. The molecule has 0 spiro atoms. The van der Waals surface area contributed by atoms with Crippen molar-refractivity contribution in [1.82, 2.24) is 4.98 Å². The van der Waals surface area contributed by atoms with Crippen LogP contribution in [0.5, 0.6) is 5.19 Å². The number of nitrogens with two attached hydrogens (primary N) is 1. The van der Waals surface area contributed by atoms with E-state index in [0.29, 0.717) is 10.9 Å². The van der Waals surface area contributed by atoms with Gasteiger partial charge in [0.2, 0.25) is 0 Å². The van der Waals surface area contributed by atoms with Gasteiger partial charge in [0.05, 0.1) is 12.8 Å². The third-order valence-corrected chi connectivity index (χ3v) is 2.86. The molecule has 0 saturated heterocycles. The van der Waals surface area contributed by atoms with E-state index in [4.69, 9.17) is 10.5 Å². The van der Waals surface area contributed by atoms with Gasteiger partial charge in [-0.15, -0.1) is 0 Å². The zero-order valence-electron chi connectivity index (χ0n) is 7.94. The molecular weight excluding hydrogens is 188 g/mol. The topological polar surface area (TPSA) is 68.4 Å². The first-order valence-corrected chi connectivity index (χ1v) is 4.84. The minimum absolute atomic E-state index is 0.362. The predicted octanol–water partition coefficient (Wildman–Crippen LogP) is 0.706. The van der Waals surface area contributed by atoms with Gasteiger partial charge in [-0.2, -0.15) is 0 Å². The lowest BCUT2D eigenvalue weighted by Crippen LogP contribution is -2.40. The number of rotatable bonds is 3. The second-order valence-corrected chi connectivity index (χ2v) is 3.96. The molecule has 2 unspecified atom stereocenters. The molecule has 1 rings (SSSR count). The summed E-state index contributed by atoms with van der Waals surface area (Å²) >= 11 is 1.34. The molecule has 0 amide bonds. The number of aliphatic hydroxyl groups is 1. The first-order valence-electron chi connectivity index (χ1n) is 3.96. The molecular formula is C8H14N2O2S. The van der Waals surface area contributed by atoms with Crippen LogP contribution in [-0.2, 0) is 5.60 Å². The van der Waals surface area contributed by atoms with Gasteiger partial charge in [-0.25, -0.2) is 4.98 Å². The molecule has 0 aromatic carbocycles. The van der Waals surface area contributed by atoms with Crippen LogP contribution in [0.2, 0.25) is 0 Å². The Bertz CT molecular complexity index is 283. The van der Waals surface area contributed by atoms with Crippen molar-refractivity contribution in [2.75, 3.05) is 7.11 Å². The Morgan fingerprint density at radius 2 is 2.38 bits per heavy atom. The maximum atomic E-state index is 9.94. The van der Waals surface area contributed by atoms with E-state index in [-0.39, 0.29) is 6.04 Å². The molecule has 0 saturated carbocycles. The molecule has 1 aromatic rings. The van der Waals surface area contributed by atoms with E-state index in [9.17, 15) is 5.11 Å². The van der Waals surface area contributed by atoms with Crippen LogP contribution in [-0.4, -0.2) is 23.2 Å². The zero-order chi connectivity index (χ0) is 10.1. The Morgan fingerprint density at radius 1 is 1.77 bits per heavy atom. The monoisotopic (exact) mass is 202 g/mol. The second kappa shape index (κ2) is 3.61. The highest BCUT2D eigenvalue weighted by Crippen LogP contribution is 2.27. The third kappa shape index (κ3) is 1.99. The Morgan fingerprint density at radius 3 is 2.77 bits per heavy atom. The number of ether oxygens (including phenoxy) is 1. The molecule has 0 aliphatic carbocycles. The van der Waals surface area contributed by atoms with E-state index in [1.807, 2.05) is 0 Å². The molecule has 5 heteroatoms. The van der Waals surface area contributed by atoms with Crippen molar-refractivity contribution in [3.8, 4) is 5.19 Å².